The molecule has 1 aliphatic heterocycles. The highest BCUT2D eigenvalue weighted by Gasteiger charge is 2.26. The van der Waals surface area contributed by atoms with Crippen molar-refractivity contribution in [1.82, 2.24) is 10.3 Å². The molecule has 2 heterocycles. The van der Waals surface area contributed by atoms with Gasteiger partial charge in [0.2, 0.25) is 5.91 Å². The predicted molar refractivity (Wildman–Crippen MR) is 140 cm³/mol. The van der Waals surface area contributed by atoms with Gasteiger partial charge in [0.25, 0.3) is 11.8 Å². The van der Waals surface area contributed by atoms with Crippen molar-refractivity contribution in [3.05, 3.63) is 81.9 Å². The Morgan fingerprint density at radius 3 is 2.56 bits per heavy atom. The zero-order valence-corrected chi connectivity index (χ0v) is 20.8. The van der Waals surface area contributed by atoms with Crippen molar-refractivity contribution in [2.45, 2.75) is 33.2 Å². The Bertz CT molecular complexity index is 1380. The number of benzene rings is 2. The Morgan fingerprint density at radius 2 is 1.86 bits per heavy atom. The molecule has 4 N–H and O–H groups in total. The van der Waals surface area contributed by atoms with Crippen LogP contribution >= 0.6 is 11.6 Å². The van der Waals surface area contributed by atoms with Gasteiger partial charge >= 0.3 is 0 Å². The van der Waals surface area contributed by atoms with Gasteiger partial charge in [-0.3, -0.25) is 14.4 Å². The van der Waals surface area contributed by atoms with E-state index >= 15 is 0 Å². The molecule has 7 nitrogen and oxygen atoms in total. The van der Waals surface area contributed by atoms with Gasteiger partial charge in [-0.1, -0.05) is 12.1 Å². The van der Waals surface area contributed by atoms with Gasteiger partial charge in [0.05, 0.1) is 11.3 Å². The van der Waals surface area contributed by atoms with Crippen LogP contribution in [0.15, 0.2) is 42.5 Å². The number of aromatic nitrogens is 1. The molecule has 186 valence electrons. The molecular weight excluding hydrogens is 483 g/mol. The summed E-state index contributed by atoms with van der Waals surface area (Å²) in [4.78, 5) is 40.6. The first kappa shape index (κ1) is 25.2. The lowest BCUT2D eigenvalue weighted by atomic mass is 10.0. The van der Waals surface area contributed by atoms with E-state index in [1.807, 2.05) is 20.8 Å². The van der Waals surface area contributed by atoms with Crippen molar-refractivity contribution >= 4 is 52.3 Å². The van der Waals surface area contributed by atoms with E-state index in [0.717, 1.165) is 16.8 Å². The van der Waals surface area contributed by atoms with Crippen LogP contribution in [-0.4, -0.2) is 34.6 Å². The van der Waals surface area contributed by atoms with Crippen molar-refractivity contribution in [2.75, 3.05) is 16.5 Å². The summed E-state index contributed by atoms with van der Waals surface area (Å²) in [7, 11) is 0. The Labute approximate surface area is 213 Å². The molecule has 0 aliphatic carbocycles. The first-order valence-electron chi connectivity index (χ1n) is 11.4. The van der Waals surface area contributed by atoms with Gasteiger partial charge in [0, 0.05) is 34.2 Å². The third-order valence-corrected chi connectivity index (χ3v) is 6.29. The van der Waals surface area contributed by atoms with Gasteiger partial charge in [-0.2, -0.15) is 0 Å². The van der Waals surface area contributed by atoms with Crippen LogP contribution < -0.4 is 16.0 Å². The number of alkyl halides is 1. The fourth-order valence-corrected chi connectivity index (χ4v) is 4.29. The van der Waals surface area contributed by atoms with E-state index in [0.29, 0.717) is 40.2 Å². The molecule has 0 bridgehead atoms. The minimum Gasteiger partial charge on any atom is -0.357 e. The summed E-state index contributed by atoms with van der Waals surface area (Å²) in [6.45, 7) is 5.53. The molecule has 3 aromatic rings. The number of fused-ring (bicyclic) bond motifs is 1. The molecule has 1 unspecified atom stereocenters. The highest BCUT2D eigenvalue weighted by atomic mass is 35.5. The van der Waals surface area contributed by atoms with Crippen molar-refractivity contribution < 1.29 is 18.8 Å². The lowest BCUT2D eigenvalue weighted by Gasteiger charge is -2.14. The number of aromatic amines is 1. The quantitative estimate of drug-likeness (QED) is 0.272. The van der Waals surface area contributed by atoms with E-state index in [1.165, 1.54) is 12.1 Å². The second-order valence-corrected chi connectivity index (χ2v) is 9.09. The lowest BCUT2D eigenvalue weighted by Crippen LogP contribution is -2.34. The van der Waals surface area contributed by atoms with E-state index in [1.54, 1.807) is 36.4 Å². The number of rotatable bonds is 7. The second kappa shape index (κ2) is 10.4. The Balaban J connectivity index is 1.56. The number of aryl methyl sites for hydroxylation is 1. The number of hydrogen-bond donors (Lipinski definition) is 4. The number of halogens is 2. The average molecular weight is 509 g/mol. The summed E-state index contributed by atoms with van der Waals surface area (Å²) in [5.74, 6) is -1.35. The summed E-state index contributed by atoms with van der Waals surface area (Å²) < 4.78 is 13.1. The first-order valence-corrected chi connectivity index (χ1v) is 12.0. The molecule has 1 atom stereocenters. The molecule has 3 amide bonds. The highest BCUT2D eigenvalue weighted by Crippen LogP contribution is 2.35. The maximum Gasteiger partial charge on any atom is 0.256 e. The smallest absolute Gasteiger partial charge is 0.256 e. The predicted octanol–water partition coefficient (Wildman–Crippen LogP) is 4.80. The van der Waals surface area contributed by atoms with Crippen LogP contribution in [0, 0.1) is 19.7 Å². The molecule has 2 aromatic carbocycles. The van der Waals surface area contributed by atoms with Crippen molar-refractivity contribution in [3.8, 4) is 0 Å². The van der Waals surface area contributed by atoms with Gasteiger partial charge in [-0.25, -0.2) is 4.39 Å². The number of hydrogen-bond acceptors (Lipinski definition) is 3. The van der Waals surface area contributed by atoms with Crippen LogP contribution in [0.2, 0.25) is 0 Å². The molecule has 4 rings (SSSR count). The summed E-state index contributed by atoms with van der Waals surface area (Å²) in [5.41, 5.74) is 5.73. The van der Waals surface area contributed by atoms with Crippen LogP contribution in [0.4, 0.5) is 15.8 Å². The molecule has 9 heteroatoms. The zero-order valence-electron chi connectivity index (χ0n) is 20.1. The van der Waals surface area contributed by atoms with Crippen molar-refractivity contribution in [3.63, 3.8) is 0 Å². The van der Waals surface area contributed by atoms with Gasteiger partial charge in [-0.05, 0) is 74.7 Å². The lowest BCUT2D eigenvalue weighted by molar-refractivity contribution is -0.114. The molecule has 0 radical (unpaired) electrons. The standard InChI is InChI=1S/C27H26ClFN4O3/c1-14(10-17-4-7-19(29)8-5-17)30-26(35)18-6-9-22-20(11-18)21(27(36)32-22)12-23-15(2)25(16(3)31-23)33-24(34)13-28/h4-9,11-12,14,31H,10,13H2,1-3H3,(H,30,35)(H,32,36)(H,33,34). The van der Waals surface area contributed by atoms with E-state index in [9.17, 15) is 18.8 Å². The maximum absolute atomic E-state index is 13.1. The highest BCUT2D eigenvalue weighted by molar-refractivity contribution is 6.35. The van der Waals surface area contributed by atoms with Crippen LogP contribution in [0.1, 0.15) is 45.4 Å². The van der Waals surface area contributed by atoms with E-state index < -0.39 is 0 Å². The largest absolute Gasteiger partial charge is 0.357 e. The third kappa shape index (κ3) is 5.33. The summed E-state index contributed by atoms with van der Waals surface area (Å²) in [6.07, 6.45) is 2.26. The second-order valence-electron chi connectivity index (χ2n) is 8.82. The van der Waals surface area contributed by atoms with Crippen LogP contribution in [-0.2, 0) is 16.0 Å². The minimum absolute atomic E-state index is 0.163. The summed E-state index contributed by atoms with van der Waals surface area (Å²) in [6, 6.07) is 11.0. The van der Waals surface area contributed by atoms with Gasteiger partial charge in [0.15, 0.2) is 0 Å². The fraction of sp³-hybridized carbons (Fsp3) is 0.222. The Morgan fingerprint density at radius 1 is 1.14 bits per heavy atom. The number of carbonyl (C=O) groups is 3. The van der Waals surface area contributed by atoms with E-state index in [-0.39, 0.29) is 35.5 Å². The maximum atomic E-state index is 13.1. The normalized spacial score (nSPS) is 14.4. The molecule has 1 aliphatic rings. The van der Waals surface area contributed by atoms with Crippen LogP contribution in [0.25, 0.3) is 11.6 Å². The zero-order chi connectivity index (χ0) is 26.0. The molecule has 0 spiro atoms. The third-order valence-electron chi connectivity index (χ3n) is 6.05. The number of nitrogens with one attached hydrogen (secondary N) is 4. The average Bonchev–Trinajstić information content (AvgIpc) is 3.30. The van der Waals surface area contributed by atoms with Crippen molar-refractivity contribution in [1.29, 1.82) is 0 Å². The van der Waals surface area contributed by atoms with Crippen molar-refractivity contribution in [2.24, 2.45) is 0 Å². The van der Waals surface area contributed by atoms with E-state index in [4.69, 9.17) is 11.6 Å². The molecule has 36 heavy (non-hydrogen) atoms. The SMILES string of the molecule is Cc1[nH]c(C=C2C(=O)Nc3ccc(C(=O)NC(C)Cc4ccc(F)cc4)cc32)c(C)c1NC(=O)CCl. The number of amides is 3. The molecule has 0 saturated heterocycles. The van der Waals surface area contributed by atoms with Gasteiger partial charge < -0.3 is 20.9 Å². The minimum atomic E-state index is -0.325. The summed E-state index contributed by atoms with van der Waals surface area (Å²) in [5, 5.41) is 8.54. The molecular formula is C27H26ClFN4O3. The van der Waals surface area contributed by atoms with E-state index in [2.05, 4.69) is 20.9 Å². The number of H-pyrrole nitrogens is 1. The monoisotopic (exact) mass is 508 g/mol. The number of anilines is 2. The molecule has 0 saturated carbocycles. The number of carbonyl (C=O) groups excluding carboxylic acids is 3. The van der Waals surface area contributed by atoms with Crippen LogP contribution in [0.3, 0.4) is 0 Å². The first-order chi connectivity index (χ1) is 17.2. The molecule has 0 fully saturated rings. The van der Waals surface area contributed by atoms with Gasteiger partial charge in [0.1, 0.15) is 11.7 Å². The fourth-order valence-electron chi connectivity index (χ4n) is 4.23. The topological polar surface area (TPSA) is 103 Å². The van der Waals surface area contributed by atoms with Gasteiger partial charge in [-0.15, -0.1) is 11.6 Å². The summed E-state index contributed by atoms with van der Waals surface area (Å²) >= 11 is 5.61. The Kier molecular flexibility index (Phi) is 7.26. The molecule has 1 aromatic heterocycles. The Hall–Kier alpha value is -3.91. The van der Waals surface area contributed by atoms with Crippen LogP contribution in [0.5, 0.6) is 0 Å².